The van der Waals surface area contributed by atoms with Gasteiger partial charge in [-0.3, -0.25) is 10.1 Å². The van der Waals surface area contributed by atoms with E-state index in [9.17, 15) is 22.0 Å². The van der Waals surface area contributed by atoms with E-state index in [4.69, 9.17) is 4.74 Å². The van der Waals surface area contributed by atoms with Crippen molar-refractivity contribution in [3.63, 3.8) is 0 Å². The van der Waals surface area contributed by atoms with E-state index >= 15 is 0 Å². The lowest BCUT2D eigenvalue weighted by Crippen LogP contribution is -2.58. The number of hydrogen-bond acceptors (Lipinski definition) is 5. The lowest BCUT2D eigenvalue weighted by molar-refractivity contribution is -0.134. The van der Waals surface area contributed by atoms with Crippen LogP contribution in [-0.4, -0.2) is 97.8 Å². The van der Waals surface area contributed by atoms with Crippen molar-refractivity contribution < 1.29 is 26.7 Å². The van der Waals surface area contributed by atoms with Crippen LogP contribution in [0.3, 0.4) is 0 Å². The molecule has 0 radical (unpaired) electrons. The van der Waals surface area contributed by atoms with Crippen molar-refractivity contribution in [3.05, 3.63) is 0 Å². The third-order valence-electron chi connectivity index (χ3n) is 5.00. The van der Waals surface area contributed by atoms with Crippen LogP contribution in [0.1, 0.15) is 20.3 Å². The van der Waals surface area contributed by atoms with Crippen LogP contribution in [0.5, 0.6) is 0 Å². The Hall–Kier alpha value is -0.880. The van der Waals surface area contributed by atoms with E-state index in [1.807, 2.05) is 13.8 Å². The van der Waals surface area contributed by atoms with Gasteiger partial charge < -0.3 is 9.64 Å². The number of nitrogens with zero attached hydrogens (tertiary/aromatic N) is 3. The number of morpholine rings is 1. The average Bonchev–Trinajstić information content (AvgIpc) is 2.93. The summed E-state index contributed by atoms with van der Waals surface area (Å²) in [6, 6.07) is -0.894. The average molecular weight is 396 g/mol. The molecule has 26 heavy (non-hydrogen) atoms. The summed E-state index contributed by atoms with van der Waals surface area (Å²) in [5, 5.41) is 2.55. The summed E-state index contributed by atoms with van der Waals surface area (Å²) in [6.07, 6.45) is -0.855. The summed E-state index contributed by atoms with van der Waals surface area (Å²) >= 11 is 0. The molecule has 3 atom stereocenters. The van der Waals surface area contributed by atoms with Crippen LogP contribution in [0.15, 0.2) is 0 Å². The van der Waals surface area contributed by atoms with Crippen LogP contribution in [0.4, 0.5) is 8.78 Å². The Balaban J connectivity index is 1.57. The van der Waals surface area contributed by atoms with Crippen molar-refractivity contribution in [2.75, 3.05) is 45.8 Å². The zero-order valence-electron chi connectivity index (χ0n) is 15.0. The van der Waals surface area contributed by atoms with Crippen molar-refractivity contribution in [3.8, 4) is 0 Å². The molecule has 0 aromatic heterocycles. The van der Waals surface area contributed by atoms with E-state index < -0.39 is 35.1 Å². The SMILES string of the molecule is CC1CN(S(=O)(=O)N2CCN(C(=O)C3CC(F)(F)CN3)CC2)CC(C)O1. The highest BCUT2D eigenvalue weighted by Crippen LogP contribution is 2.26. The van der Waals surface area contributed by atoms with E-state index in [2.05, 4.69) is 5.32 Å². The zero-order chi connectivity index (χ0) is 19.1. The number of carbonyl (C=O) groups excluding carboxylic acids is 1. The van der Waals surface area contributed by atoms with Crippen molar-refractivity contribution >= 4 is 16.1 Å². The van der Waals surface area contributed by atoms with Gasteiger partial charge in [-0.05, 0) is 13.8 Å². The molecule has 0 bridgehead atoms. The first-order valence-electron chi connectivity index (χ1n) is 8.89. The molecule has 0 saturated carbocycles. The number of hydrogen-bond donors (Lipinski definition) is 1. The molecular weight excluding hydrogens is 370 g/mol. The maximum absolute atomic E-state index is 13.3. The Kier molecular flexibility index (Phi) is 5.55. The van der Waals surface area contributed by atoms with Gasteiger partial charge in [-0.25, -0.2) is 8.78 Å². The maximum atomic E-state index is 13.3. The van der Waals surface area contributed by atoms with Gasteiger partial charge in [-0.2, -0.15) is 17.0 Å². The Bertz CT molecular complexity index is 630. The molecule has 0 aromatic rings. The van der Waals surface area contributed by atoms with Gasteiger partial charge in [0.25, 0.3) is 16.1 Å². The van der Waals surface area contributed by atoms with Crippen LogP contribution in [0, 0.1) is 0 Å². The fraction of sp³-hybridized carbons (Fsp3) is 0.933. The van der Waals surface area contributed by atoms with Gasteiger partial charge in [0.1, 0.15) is 0 Å². The van der Waals surface area contributed by atoms with Gasteiger partial charge in [0.15, 0.2) is 0 Å². The highest BCUT2D eigenvalue weighted by atomic mass is 32.2. The smallest absolute Gasteiger partial charge is 0.282 e. The molecule has 3 aliphatic rings. The lowest BCUT2D eigenvalue weighted by Gasteiger charge is -2.40. The summed E-state index contributed by atoms with van der Waals surface area (Å²) in [7, 11) is -3.62. The molecule has 1 N–H and O–H groups in total. The quantitative estimate of drug-likeness (QED) is 0.694. The number of amides is 1. The lowest BCUT2D eigenvalue weighted by atomic mass is 10.1. The predicted octanol–water partition coefficient (Wildman–Crippen LogP) is -0.518. The Morgan fingerprint density at radius 3 is 2.15 bits per heavy atom. The molecule has 3 aliphatic heterocycles. The summed E-state index contributed by atoms with van der Waals surface area (Å²) in [6.45, 7) is 4.51. The number of halogens is 2. The van der Waals surface area contributed by atoms with Gasteiger partial charge in [-0.15, -0.1) is 0 Å². The van der Waals surface area contributed by atoms with E-state index in [1.54, 1.807) is 0 Å². The molecular formula is C15H26F2N4O4S. The van der Waals surface area contributed by atoms with E-state index in [0.717, 1.165) is 0 Å². The summed E-state index contributed by atoms with van der Waals surface area (Å²) in [5.74, 6) is -3.25. The Morgan fingerprint density at radius 2 is 1.65 bits per heavy atom. The minimum Gasteiger partial charge on any atom is -0.373 e. The number of carbonyl (C=O) groups is 1. The van der Waals surface area contributed by atoms with E-state index in [1.165, 1.54) is 13.5 Å². The van der Waals surface area contributed by atoms with Gasteiger partial charge in [0.2, 0.25) is 5.91 Å². The Morgan fingerprint density at radius 1 is 1.08 bits per heavy atom. The first-order chi connectivity index (χ1) is 12.1. The van der Waals surface area contributed by atoms with Crippen molar-refractivity contribution in [2.24, 2.45) is 0 Å². The molecule has 0 spiro atoms. The Labute approximate surface area is 152 Å². The summed E-state index contributed by atoms with van der Waals surface area (Å²) in [5.41, 5.74) is 0. The maximum Gasteiger partial charge on any atom is 0.282 e. The molecule has 8 nitrogen and oxygen atoms in total. The molecule has 3 saturated heterocycles. The molecule has 0 aromatic carbocycles. The zero-order valence-corrected chi connectivity index (χ0v) is 15.8. The number of nitrogens with one attached hydrogen (secondary N) is 1. The molecule has 11 heteroatoms. The first kappa shape index (κ1) is 19.9. The second-order valence-corrected chi connectivity index (χ2v) is 9.23. The van der Waals surface area contributed by atoms with Crippen molar-refractivity contribution in [2.45, 2.75) is 44.4 Å². The van der Waals surface area contributed by atoms with Crippen molar-refractivity contribution in [1.29, 1.82) is 0 Å². The summed E-state index contributed by atoms with van der Waals surface area (Å²) < 4.78 is 60.6. The standard InChI is InChI=1S/C15H26F2N4O4S/c1-11-8-21(9-12(2)25-11)26(23,24)20-5-3-19(4-6-20)14(22)13-7-15(16,17)10-18-13/h11-13,18H,3-10H2,1-2H3. The second-order valence-electron chi connectivity index (χ2n) is 7.30. The highest BCUT2D eigenvalue weighted by molar-refractivity contribution is 7.86. The van der Waals surface area contributed by atoms with Gasteiger partial charge in [-0.1, -0.05) is 0 Å². The van der Waals surface area contributed by atoms with E-state index in [0.29, 0.717) is 13.1 Å². The number of ether oxygens (including phenoxy) is 1. The normalized spacial score (nSPS) is 34.2. The van der Waals surface area contributed by atoms with Crippen molar-refractivity contribution in [1.82, 2.24) is 18.8 Å². The van der Waals surface area contributed by atoms with Gasteiger partial charge >= 0.3 is 0 Å². The molecule has 3 rings (SSSR count). The minimum atomic E-state index is -3.62. The number of piperazine rings is 1. The largest absolute Gasteiger partial charge is 0.373 e. The van der Waals surface area contributed by atoms with Crippen LogP contribution in [0.2, 0.25) is 0 Å². The minimum absolute atomic E-state index is 0.164. The fourth-order valence-electron chi connectivity index (χ4n) is 3.73. The van der Waals surface area contributed by atoms with Gasteiger partial charge in [0.05, 0.1) is 24.8 Å². The predicted molar refractivity (Wildman–Crippen MR) is 90.0 cm³/mol. The molecule has 3 fully saturated rings. The first-order valence-corrected chi connectivity index (χ1v) is 10.3. The molecule has 150 valence electrons. The third-order valence-corrected chi connectivity index (χ3v) is 6.97. The fourth-order valence-corrected chi connectivity index (χ4v) is 5.48. The molecule has 3 heterocycles. The third kappa shape index (κ3) is 4.16. The van der Waals surface area contributed by atoms with Crippen LogP contribution in [0.25, 0.3) is 0 Å². The summed E-state index contributed by atoms with van der Waals surface area (Å²) in [4.78, 5) is 13.8. The monoisotopic (exact) mass is 396 g/mol. The number of rotatable bonds is 3. The van der Waals surface area contributed by atoms with Crippen LogP contribution >= 0.6 is 0 Å². The topological polar surface area (TPSA) is 82.2 Å². The van der Waals surface area contributed by atoms with Crippen LogP contribution < -0.4 is 5.32 Å². The molecule has 1 amide bonds. The van der Waals surface area contributed by atoms with E-state index in [-0.39, 0.29) is 44.3 Å². The van der Waals surface area contributed by atoms with Gasteiger partial charge in [0, 0.05) is 45.7 Å². The molecule has 0 aliphatic carbocycles. The number of alkyl halides is 2. The second kappa shape index (κ2) is 7.27. The van der Waals surface area contributed by atoms with Crippen LogP contribution in [-0.2, 0) is 19.7 Å². The highest BCUT2D eigenvalue weighted by Gasteiger charge is 2.44. The molecule has 3 unspecified atom stereocenters.